The number of benzene rings is 1. The first-order valence-electron chi connectivity index (χ1n) is 6.73. The van der Waals surface area contributed by atoms with Crippen molar-refractivity contribution in [3.63, 3.8) is 0 Å². The fraction of sp³-hybridized carbons (Fsp3) is 0.571. The summed E-state index contributed by atoms with van der Waals surface area (Å²) in [6.07, 6.45) is 0.826. The Morgan fingerprint density at radius 2 is 1.89 bits per heavy atom. The van der Waals surface area contributed by atoms with Gasteiger partial charge >= 0.3 is 0 Å². The first-order valence-corrected chi connectivity index (χ1v) is 8.55. The highest BCUT2D eigenvalue weighted by molar-refractivity contribution is 7.91. The molecule has 0 radical (unpaired) electrons. The Labute approximate surface area is 115 Å². The fourth-order valence-electron chi connectivity index (χ4n) is 2.40. The summed E-state index contributed by atoms with van der Waals surface area (Å²) in [6, 6.07) is 7.60. The third-order valence-electron chi connectivity index (χ3n) is 3.40. The van der Waals surface area contributed by atoms with Gasteiger partial charge in [-0.25, -0.2) is 8.42 Å². The predicted molar refractivity (Wildman–Crippen MR) is 76.2 cm³/mol. The maximum Gasteiger partial charge on any atom is 0.153 e. The van der Waals surface area contributed by atoms with Crippen LogP contribution in [-0.4, -0.2) is 32.6 Å². The van der Waals surface area contributed by atoms with Gasteiger partial charge in [-0.2, -0.15) is 0 Å². The Hall–Kier alpha value is -1.07. The molecule has 2 atom stereocenters. The zero-order valence-corrected chi connectivity index (χ0v) is 12.2. The van der Waals surface area contributed by atoms with E-state index in [1.165, 1.54) is 0 Å². The van der Waals surface area contributed by atoms with E-state index in [0.717, 1.165) is 17.7 Å². The summed E-state index contributed by atoms with van der Waals surface area (Å²) in [4.78, 5) is 0. The first kappa shape index (κ1) is 14.3. The number of sulfone groups is 1. The van der Waals surface area contributed by atoms with E-state index in [0.29, 0.717) is 6.61 Å². The van der Waals surface area contributed by atoms with Gasteiger partial charge in [-0.05, 0) is 31.0 Å². The van der Waals surface area contributed by atoms with E-state index in [1.807, 2.05) is 38.1 Å². The second kappa shape index (κ2) is 5.92. The van der Waals surface area contributed by atoms with Crippen molar-refractivity contribution >= 4 is 9.84 Å². The van der Waals surface area contributed by atoms with Crippen LogP contribution in [0.25, 0.3) is 0 Å². The van der Waals surface area contributed by atoms with Crippen molar-refractivity contribution in [3.05, 3.63) is 29.8 Å². The van der Waals surface area contributed by atoms with Crippen LogP contribution in [0, 0.1) is 0 Å². The lowest BCUT2D eigenvalue weighted by Gasteiger charge is -2.30. The zero-order chi connectivity index (χ0) is 13.9. The molecule has 0 spiro atoms. The van der Waals surface area contributed by atoms with Crippen LogP contribution < -0.4 is 10.1 Å². The van der Waals surface area contributed by atoms with Crippen molar-refractivity contribution in [3.8, 4) is 5.75 Å². The Morgan fingerprint density at radius 3 is 2.47 bits per heavy atom. The summed E-state index contributed by atoms with van der Waals surface area (Å²) in [5.41, 5.74) is 1.00. The molecule has 1 heterocycles. The molecule has 1 saturated heterocycles. The highest BCUT2D eigenvalue weighted by atomic mass is 32.2. The molecule has 0 amide bonds. The molecule has 1 aromatic carbocycles. The Kier molecular flexibility index (Phi) is 4.47. The maximum atomic E-state index is 11.9. The van der Waals surface area contributed by atoms with Crippen LogP contribution in [0.3, 0.4) is 0 Å². The van der Waals surface area contributed by atoms with Crippen molar-refractivity contribution in [1.29, 1.82) is 0 Å². The van der Waals surface area contributed by atoms with E-state index in [2.05, 4.69) is 5.32 Å². The van der Waals surface area contributed by atoms with Crippen LogP contribution in [0.15, 0.2) is 24.3 Å². The van der Waals surface area contributed by atoms with E-state index in [1.54, 1.807) is 0 Å². The second-order valence-corrected chi connectivity index (χ2v) is 7.06. The molecular formula is C14H21NO3S. The molecule has 2 unspecified atom stereocenters. The molecule has 1 aromatic rings. The molecule has 1 N–H and O–H groups in total. The standard InChI is InChI=1S/C14H21NO3S/c1-3-12-9-19(16,17)10-14(15-12)11-5-7-13(8-6-11)18-4-2/h5-8,12,14-15H,3-4,9-10H2,1-2H3. The molecule has 19 heavy (non-hydrogen) atoms. The number of hydrogen-bond donors (Lipinski definition) is 1. The molecule has 1 fully saturated rings. The number of ether oxygens (including phenoxy) is 1. The SMILES string of the molecule is CCOc1ccc(C2CS(=O)(=O)CC(CC)N2)cc1. The van der Waals surface area contributed by atoms with Crippen LogP contribution in [-0.2, 0) is 9.84 Å². The maximum absolute atomic E-state index is 11.9. The average molecular weight is 283 g/mol. The van der Waals surface area contributed by atoms with Crippen molar-refractivity contribution in [1.82, 2.24) is 5.32 Å². The molecule has 0 aliphatic carbocycles. The first-order chi connectivity index (χ1) is 9.04. The number of rotatable bonds is 4. The van der Waals surface area contributed by atoms with E-state index in [9.17, 15) is 8.42 Å². The normalized spacial score (nSPS) is 26.0. The molecule has 1 aliphatic rings. The number of nitrogens with one attached hydrogen (secondary N) is 1. The van der Waals surface area contributed by atoms with Crippen molar-refractivity contribution in [2.45, 2.75) is 32.4 Å². The van der Waals surface area contributed by atoms with E-state index >= 15 is 0 Å². The Bertz CT molecular complexity index is 510. The lowest BCUT2D eigenvalue weighted by molar-refractivity contribution is 0.340. The molecule has 1 aliphatic heterocycles. The Morgan fingerprint density at radius 1 is 1.21 bits per heavy atom. The minimum absolute atomic E-state index is 0.0512. The summed E-state index contributed by atoms with van der Waals surface area (Å²) in [5, 5.41) is 3.41. The van der Waals surface area contributed by atoms with Gasteiger partial charge in [-0.3, -0.25) is 0 Å². The molecule has 2 rings (SSSR count). The van der Waals surface area contributed by atoms with Gasteiger partial charge in [0.25, 0.3) is 0 Å². The smallest absolute Gasteiger partial charge is 0.153 e. The quantitative estimate of drug-likeness (QED) is 0.917. The number of hydrogen-bond acceptors (Lipinski definition) is 4. The van der Waals surface area contributed by atoms with Crippen LogP contribution in [0.4, 0.5) is 0 Å². The van der Waals surface area contributed by atoms with Gasteiger partial charge in [0.1, 0.15) is 5.75 Å². The largest absolute Gasteiger partial charge is 0.494 e. The average Bonchev–Trinajstić information content (AvgIpc) is 2.38. The topological polar surface area (TPSA) is 55.4 Å². The van der Waals surface area contributed by atoms with Crippen LogP contribution in [0.2, 0.25) is 0 Å². The Balaban J connectivity index is 2.16. The van der Waals surface area contributed by atoms with Gasteiger partial charge in [0.2, 0.25) is 0 Å². The summed E-state index contributed by atoms with van der Waals surface area (Å²) in [7, 11) is -2.96. The van der Waals surface area contributed by atoms with Gasteiger partial charge in [0.05, 0.1) is 18.1 Å². The van der Waals surface area contributed by atoms with E-state index < -0.39 is 9.84 Å². The van der Waals surface area contributed by atoms with Crippen LogP contribution in [0.5, 0.6) is 5.75 Å². The summed E-state index contributed by atoms with van der Waals surface area (Å²) in [6.45, 7) is 4.58. The highest BCUT2D eigenvalue weighted by Gasteiger charge is 2.30. The molecule has 0 aromatic heterocycles. The molecule has 0 bridgehead atoms. The fourth-order valence-corrected chi connectivity index (χ4v) is 4.28. The summed E-state index contributed by atoms with van der Waals surface area (Å²) < 4.78 is 29.2. The van der Waals surface area contributed by atoms with E-state index in [-0.39, 0.29) is 23.6 Å². The molecule has 106 valence electrons. The monoisotopic (exact) mass is 283 g/mol. The van der Waals surface area contributed by atoms with Gasteiger partial charge in [0.15, 0.2) is 9.84 Å². The van der Waals surface area contributed by atoms with Gasteiger partial charge < -0.3 is 10.1 Å². The van der Waals surface area contributed by atoms with Gasteiger partial charge in [-0.1, -0.05) is 19.1 Å². The third kappa shape index (κ3) is 3.70. The summed E-state index contributed by atoms with van der Waals surface area (Å²) in [5.74, 6) is 1.24. The van der Waals surface area contributed by atoms with Crippen molar-refractivity contribution in [2.75, 3.05) is 18.1 Å². The molecule has 0 saturated carbocycles. The van der Waals surface area contributed by atoms with E-state index in [4.69, 9.17) is 4.74 Å². The minimum Gasteiger partial charge on any atom is -0.494 e. The van der Waals surface area contributed by atoms with Gasteiger partial charge in [-0.15, -0.1) is 0 Å². The van der Waals surface area contributed by atoms with Crippen molar-refractivity contribution < 1.29 is 13.2 Å². The van der Waals surface area contributed by atoms with Crippen LogP contribution >= 0.6 is 0 Å². The van der Waals surface area contributed by atoms with Gasteiger partial charge in [0, 0.05) is 12.1 Å². The second-order valence-electron chi connectivity index (χ2n) is 4.90. The summed E-state index contributed by atoms with van der Waals surface area (Å²) >= 11 is 0. The highest BCUT2D eigenvalue weighted by Crippen LogP contribution is 2.24. The predicted octanol–water partition coefficient (Wildman–Crippen LogP) is 1.92. The molecular weight excluding hydrogens is 262 g/mol. The lowest BCUT2D eigenvalue weighted by Crippen LogP contribution is -2.46. The van der Waals surface area contributed by atoms with Crippen molar-refractivity contribution in [2.24, 2.45) is 0 Å². The minimum atomic E-state index is -2.96. The third-order valence-corrected chi connectivity index (χ3v) is 5.15. The van der Waals surface area contributed by atoms with Crippen LogP contribution in [0.1, 0.15) is 31.9 Å². The molecule has 4 nitrogen and oxygen atoms in total. The zero-order valence-electron chi connectivity index (χ0n) is 11.4. The molecule has 5 heteroatoms. The lowest BCUT2D eigenvalue weighted by atomic mass is 10.1.